The quantitative estimate of drug-likeness (QED) is 0.707. The molecule has 1 heterocycles. The highest BCUT2D eigenvalue weighted by Crippen LogP contribution is 2.23. The maximum absolute atomic E-state index is 13.4. The highest BCUT2D eigenvalue weighted by Gasteiger charge is 2.08. The predicted octanol–water partition coefficient (Wildman–Crippen LogP) is 3.16. The molecule has 3 rings (SSSR count). The zero-order chi connectivity index (χ0) is 13.2. The number of nitrogens with two attached hydrogens (primary N) is 1. The Labute approximate surface area is 109 Å². The van der Waals surface area contributed by atoms with E-state index in [2.05, 4.69) is 10.3 Å². The Bertz CT molecular complexity index is 724. The van der Waals surface area contributed by atoms with Crippen molar-refractivity contribution in [1.29, 1.82) is 0 Å². The van der Waals surface area contributed by atoms with Crippen LogP contribution < -0.4 is 11.1 Å². The second kappa shape index (κ2) is 4.61. The highest BCUT2D eigenvalue weighted by atomic mass is 19.1. The van der Waals surface area contributed by atoms with E-state index < -0.39 is 0 Å². The summed E-state index contributed by atoms with van der Waals surface area (Å²) in [5.74, 6) is -0.259. The summed E-state index contributed by atoms with van der Waals surface area (Å²) in [5, 5.41) is 2.95. The Morgan fingerprint density at radius 2 is 2.00 bits per heavy atom. The zero-order valence-corrected chi connectivity index (χ0v) is 10.1. The fourth-order valence-corrected chi connectivity index (χ4v) is 1.86. The molecule has 0 radical (unpaired) electrons. The summed E-state index contributed by atoms with van der Waals surface area (Å²) in [4.78, 5) is 4.23. The number of rotatable bonds is 3. The van der Waals surface area contributed by atoms with Crippen molar-refractivity contribution < 1.29 is 8.81 Å². The SMILES string of the molecule is Nc1cccc2oc(NCc3ccccc3F)nc12. The largest absolute Gasteiger partial charge is 0.423 e. The molecule has 0 saturated heterocycles. The van der Waals surface area contributed by atoms with Crippen LogP contribution in [0.3, 0.4) is 0 Å². The molecule has 0 spiro atoms. The van der Waals surface area contributed by atoms with E-state index in [9.17, 15) is 4.39 Å². The Kier molecular flexibility index (Phi) is 2.79. The number of fused-ring (bicyclic) bond motifs is 1. The van der Waals surface area contributed by atoms with Crippen molar-refractivity contribution in [3.63, 3.8) is 0 Å². The van der Waals surface area contributed by atoms with Crippen LogP contribution in [0.25, 0.3) is 11.1 Å². The van der Waals surface area contributed by atoms with Gasteiger partial charge in [0.2, 0.25) is 0 Å². The standard InChI is InChI=1S/C14H12FN3O/c15-10-5-2-1-4-9(10)8-17-14-18-13-11(16)6-3-7-12(13)19-14/h1-7H,8,16H2,(H,17,18). The van der Waals surface area contributed by atoms with Gasteiger partial charge in [0.15, 0.2) is 5.58 Å². The van der Waals surface area contributed by atoms with Gasteiger partial charge in [-0.15, -0.1) is 0 Å². The summed E-state index contributed by atoms with van der Waals surface area (Å²) in [7, 11) is 0. The molecule has 0 aliphatic rings. The van der Waals surface area contributed by atoms with Gasteiger partial charge in [-0.25, -0.2) is 4.39 Å². The van der Waals surface area contributed by atoms with Gasteiger partial charge in [-0.2, -0.15) is 4.98 Å². The summed E-state index contributed by atoms with van der Waals surface area (Å²) >= 11 is 0. The molecule has 3 N–H and O–H groups in total. The lowest BCUT2D eigenvalue weighted by atomic mass is 10.2. The van der Waals surface area contributed by atoms with Gasteiger partial charge < -0.3 is 15.5 Å². The number of nitrogens with zero attached hydrogens (tertiary/aromatic N) is 1. The average Bonchev–Trinajstić information content (AvgIpc) is 2.82. The van der Waals surface area contributed by atoms with Crippen LogP contribution >= 0.6 is 0 Å². The van der Waals surface area contributed by atoms with Crippen molar-refractivity contribution in [1.82, 2.24) is 4.98 Å². The molecule has 0 bridgehead atoms. The molecule has 3 aromatic rings. The molecule has 0 unspecified atom stereocenters. The van der Waals surface area contributed by atoms with Crippen molar-refractivity contribution in [2.45, 2.75) is 6.54 Å². The summed E-state index contributed by atoms with van der Waals surface area (Å²) in [6.45, 7) is 0.305. The van der Waals surface area contributed by atoms with Gasteiger partial charge in [0.1, 0.15) is 11.3 Å². The number of nitrogen functional groups attached to an aromatic ring is 1. The number of hydrogen-bond donors (Lipinski definition) is 2. The molecule has 0 atom stereocenters. The Morgan fingerprint density at radius 3 is 2.79 bits per heavy atom. The predicted molar refractivity (Wildman–Crippen MR) is 72.1 cm³/mol. The Morgan fingerprint density at radius 1 is 1.16 bits per heavy atom. The number of halogens is 1. The minimum atomic E-state index is -0.259. The average molecular weight is 257 g/mol. The molecule has 0 aliphatic heterocycles. The normalized spacial score (nSPS) is 10.8. The second-order valence-corrected chi connectivity index (χ2v) is 4.16. The molecule has 2 aromatic carbocycles. The van der Waals surface area contributed by atoms with Gasteiger partial charge in [0.25, 0.3) is 6.01 Å². The van der Waals surface area contributed by atoms with Crippen LogP contribution in [0.4, 0.5) is 16.1 Å². The molecule has 1 aromatic heterocycles. The van der Waals surface area contributed by atoms with Gasteiger partial charge in [0.05, 0.1) is 5.69 Å². The molecule has 19 heavy (non-hydrogen) atoms. The molecule has 5 heteroatoms. The third kappa shape index (κ3) is 2.22. The number of aromatic nitrogens is 1. The van der Waals surface area contributed by atoms with Crippen LogP contribution in [-0.4, -0.2) is 4.98 Å². The lowest BCUT2D eigenvalue weighted by Gasteiger charge is -2.02. The summed E-state index contributed by atoms with van der Waals surface area (Å²) in [6, 6.07) is 12.2. The summed E-state index contributed by atoms with van der Waals surface area (Å²) < 4.78 is 18.9. The van der Waals surface area contributed by atoms with E-state index in [0.717, 1.165) is 0 Å². The van der Waals surface area contributed by atoms with Crippen molar-refractivity contribution in [2.24, 2.45) is 0 Å². The van der Waals surface area contributed by atoms with E-state index in [1.165, 1.54) is 6.07 Å². The molecular formula is C14H12FN3O. The highest BCUT2D eigenvalue weighted by molar-refractivity contribution is 5.86. The van der Waals surface area contributed by atoms with E-state index in [4.69, 9.17) is 10.2 Å². The zero-order valence-electron chi connectivity index (χ0n) is 10.1. The van der Waals surface area contributed by atoms with E-state index in [-0.39, 0.29) is 5.82 Å². The maximum Gasteiger partial charge on any atom is 0.296 e. The van der Waals surface area contributed by atoms with Crippen molar-refractivity contribution in [3.8, 4) is 0 Å². The van der Waals surface area contributed by atoms with Gasteiger partial charge >= 0.3 is 0 Å². The van der Waals surface area contributed by atoms with Crippen LogP contribution in [0.1, 0.15) is 5.56 Å². The van der Waals surface area contributed by atoms with E-state index >= 15 is 0 Å². The van der Waals surface area contributed by atoms with Crippen LogP contribution in [-0.2, 0) is 6.54 Å². The first kappa shape index (κ1) is 11.5. The van der Waals surface area contributed by atoms with E-state index in [1.807, 2.05) is 0 Å². The monoisotopic (exact) mass is 257 g/mol. The molecule has 0 saturated carbocycles. The molecule has 0 amide bonds. The second-order valence-electron chi connectivity index (χ2n) is 4.16. The molecule has 0 fully saturated rings. The van der Waals surface area contributed by atoms with Crippen molar-refractivity contribution in [2.75, 3.05) is 11.1 Å². The molecule has 0 aliphatic carbocycles. The van der Waals surface area contributed by atoms with Crippen LogP contribution in [0.5, 0.6) is 0 Å². The fraction of sp³-hybridized carbons (Fsp3) is 0.0714. The van der Waals surface area contributed by atoms with Crippen molar-refractivity contribution in [3.05, 3.63) is 53.8 Å². The Balaban J connectivity index is 1.83. The smallest absolute Gasteiger partial charge is 0.296 e. The van der Waals surface area contributed by atoms with Crippen LogP contribution in [0, 0.1) is 5.82 Å². The minimum Gasteiger partial charge on any atom is -0.423 e. The first-order valence-corrected chi connectivity index (χ1v) is 5.86. The van der Waals surface area contributed by atoms with Crippen molar-refractivity contribution >= 4 is 22.8 Å². The third-order valence-corrected chi connectivity index (χ3v) is 2.84. The van der Waals surface area contributed by atoms with Gasteiger partial charge in [0, 0.05) is 12.1 Å². The topological polar surface area (TPSA) is 64.1 Å². The van der Waals surface area contributed by atoms with E-state index in [0.29, 0.717) is 34.9 Å². The number of para-hydroxylation sites is 1. The number of anilines is 2. The number of nitrogens with one attached hydrogen (secondary N) is 1. The Hall–Kier alpha value is -2.56. The lowest BCUT2D eigenvalue weighted by molar-refractivity contribution is 0.599. The van der Waals surface area contributed by atoms with Gasteiger partial charge in [-0.1, -0.05) is 24.3 Å². The first-order valence-electron chi connectivity index (χ1n) is 5.86. The van der Waals surface area contributed by atoms with E-state index in [1.54, 1.807) is 36.4 Å². The third-order valence-electron chi connectivity index (χ3n) is 2.84. The van der Waals surface area contributed by atoms with Gasteiger partial charge in [-0.3, -0.25) is 0 Å². The first-order chi connectivity index (χ1) is 9.24. The number of oxazole rings is 1. The summed E-state index contributed by atoms with van der Waals surface area (Å²) in [6.07, 6.45) is 0. The molecule has 96 valence electrons. The van der Waals surface area contributed by atoms with Crippen LogP contribution in [0.2, 0.25) is 0 Å². The maximum atomic E-state index is 13.4. The molecular weight excluding hydrogens is 245 g/mol. The number of hydrogen-bond acceptors (Lipinski definition) is 4. The molecule has 4 nitrogen and oxygen atoms in total. The van der Waals surface area contributed by atoms with Crippen LogP contribution in [0.15, 0.2) is 46.9 Å². The van der Waals surface area contributed by atoms with Gasteiger partial charge in [-0.05, 0) is 18.2 Å². The fourth-order valence-electron chi connectivity index (χ4n) is 1.86. The summed E-state index contributed by atoms with van der Waals surface area (Å²) in [5.41, 5.74) is 8.12. The number of benzene rings is 2. The minimum absolute atomic E-state index is 0.259. The lowest BCUT2D eigenvalue weighted by Crippen LogP contribution is -2.01.